The van der Waals surface area contributed by atoms with Gasteiger partial charge in [0.05, 0.1) is 40.5 Å². The number of sulfonamides is 1. The molecule has 5 rings (SSSR count). The Bertz CT molecular complexity index is 1600. The van der Waals surface area contributed by atoms with E-state index in [1.165, 1.54) is 10.4 Å². The monoisotopic (exact) mass is 645 g/mol. The minimum Gasteiger partial charge on any atom is -0.390 e. The third kappa shape index (κ3) is 7.71. The van der Waals surface area contributed by atoms with Crippen molar-refractivity contribution in [3.63, 3.8) is 0 Å². The number of aliphatic hydroxyl groups excluding tert-OH is 1. The number of benzene rings is 3. The largest absolute Gasteiger partial charge is 0.416 e. The van der Waals surface area contributed by atoms with Crippen LogP contribution in [-0.2, 0) is 29.2 Å². The van der Waals surface area contributed by atoms with E-state index in [1.54, 1.807) is 18.2 Å². The summed E-state index contributed by atoms with van der Waals surface area (Å²) in [5.74, 6) is -0.440. The number of carbonyl (C=O) groups excluding carboxylic acids is 1. The third-order valence-corrected chi connectivity index (χ3v) is 10.0. The fourth-order valence-electron chi connectivity index (χ4n) is 5.81. The molecule has 1 amide bonds. The Balaban J connectivity index is 1.38. The van der Waals surface area contributed by atoms with Crippen molar-refractivity contribution in [3.05, 3.63) is 89.0 Å². The molecule has 0 radical (unpaired) electrons. The molecule has 1 fully saturated rings. The van der Waals surface area contributed by atoms with Gasteiger partial charge in [0.1, 0.15) is 0 Å². The molecule has 45 heavy (non-hydrogen) atoms. The summed E-state index contributed by atoms with van der Waals surface area (Å²) in [5, 5.41) is 20.5. The van der Waals surface area contributed by atoms with Crippen LogP contribution in [0.4, 0.5) is 30.2 Å². The zero-order valence-electron chi connectivity index (χ0n) is 25.0. The molecule has 1 saturated heterocycles. The summed E-state index contributed by atoms with van der Waals surface area (Å²) >= 11 is 0. The van der Waals surface area contributed by atoms with E-state index in [-0.39, 0.29) is 24.4 Å². The van der Waals surface area contributed by atoms with E-state index in [1.807, 2.05) is 37.3 Å². The van der Waals surface area contributed by atoms with Gasteiger partial charge < -0.3 is 26.0 Å². The average molecular weight is 646 g/mol. The van der Waals surface area contributed by atoms with Gasteiger partial charge >= 0.3 is 6.18 Å². The zero-order valence-corrected chi connectivity index (χ0v) is 25.8. The quantitative estimate of drug-likeness (QED) is 0.250. The molecule has 2 atom stereocenters. The second kappa shape index (κ2) is 13.7. The Kier molecular flexibility index (Phi) is 9.90. The molecule has 3 aromatic rings. The van der Waals surface area contributed by atoms with Crippen LogP contribution in [0.15, 0.2) is 66.7 Å². The topological polar surface area (TPSA) is 114 Å². The zero-order chi connectivity index (χ0) is 32.2. The number of hydrogen-bond donors (Lipinski definition) is 4. The highest BCUT2D eigenvalue weighted by atomic mass is 32.2. The highest BCUT2D eigenvalue weighted by molar-refractivity contribution is 7.93. The maximum atomic E-state index is 13.8. The number of alkyl halides is 3. The molecule has 2 heterocycles. The van der Waals surface area contributed by atoms with Crippen LogP contribution in [0.5, 0.6) is 0 Å². The first-order valence-electron chi connectivity index (χ1n) is 15.0. The molecule has 2 aliphatic rings. The first-order chi connectivity index (χ1) is 21.5. The molecule has 0 bridgehead atoms. The van der Waals surface area contributed by atoms with Gasteiger partial charge in [-0.05, 0) is 49.1 Å². The van der Waals surface area contributed by atoms with Crippen LogP contribution < -0.4 is 25.2 Å². The molecule has 3 aromatic carbocycles. The first-order valence-corrected chi connectivity index (χ1v) is 16.6. The standard InChI is InChI=1S/C32H38F3N5O4S/c1-2-39-14-12-37-30-27(39)18-24(19-28(30)40-13-7-15-45(40,43)44)31(42)38-26(17-22-8-4-3-5-9-22)29(41)21-36-20-23-10-6-11-25(16-23)32(33,34)35/h3-6,8-11,16,18-19,26,29,36-37,41H,2,7,12-15,17,20-21H2,1H3,(H,38,42)/t26-,29+/m0/s1. The number of amides is 1. The lowest BCUT2D eigenvalue weighted by Gasteiger charge is -2.34. The third-order valence-electron chi connectivity index (χ3n) is 8.15. The minimum atomic E-state index is -4.46. The van der Waals surface area contributed by atoms with Crippen molar-refractivity contribution >= 4 is 33.0 Å². The summed E-state index contributed by atoms with van der Waals surface area (Å²) in [4.78, 5) is 15.9. The number of nitrogens with zero attached hydrogens (tertiary/aromatic N) is 2. The smallest absolute Gasteiger partial charge is 0.390 e. The van der Waals surface area contributed by atoms with Crippen LogP contribution in [0, 0.1) is 0 Å². The summed E-state index contributed by atoms with van der Waals surface area (Å²) in [6.07, 6.45) is -4.77. The maximum Gasteiger partial charge on any atom is 0.416 e. The summed E-state index contributed by atoms with van der Waals surface area (Å²) < 4.78 is 66.6. The summed E-state index contributed by atoms with van der Waals surface area (Å²) in [6, 6.07) is 16.9. The Morgan fingerprint density at radius 3 is 2.44 bits per heavy atom. The lowest BCUT2D eigenvalue weighted by atomic mass is 9.99. The lowest BCUT2D eigenvalue weighted by Crippen LogP contribution is -2.48. The van der Waals surface area contributed by atoms with Crippen molar-refractivity contribution in [2.45, 2.75) is 44.6 Å². The highest BCUT2D eigenvalue weighted by Gasteiger charge is 2.34. The predicted molar refractivity (Wildman–Crippen MR) is 169 cm³/mol. The van der Waals surface area contributed by atoms with Gasteiger partial charge in [-0.15, -0.1) is 0 Å². The number of aliphatic hydroxyl groups is 1. The fraction of sp³-hybridized carbons (Fsp3) is 0.406. The fourth-order valence-corrected chi connectivity index (χ4v) is 7.38. The van der Waals surface area contributed by atoms with Gasteiger partial charge in [-0.2, -0.15) is 13.2 Å². The highest BCUT2D eigenvalue weighted by Crippen LogP contribution is 2.41. The summed E-state index contributed by atoms with van der Waals surface area (Å²) in [7, 11) is -3.53. The van der Waals surface area contributed by atoms with E-state index < -0.39 is 39.8 Å². The molecule has 0 aliphatic carbocycles. The molecule has 0 unspecified atom stereocenters. The molecule has 242 valence electrons. The number of halogens is 3. The van der Waals surface area contributed by atoms with E-state index in [0.717, 1.165) is 23.4 Å². The van der Waals surface area contributed by atoms with Gasteiger partial charge in [0.2, 0.25) is 10.0 Å². The maximum absolute atomic E-state index is 13.8. The molecule has 0 aromatic heterocycles. The van der Waals surface area contributed by atoms with E-state index in [2.05, 4.69) is 20.9 Å². The average Bonchev–Trinajstić information content (AvgIpc) is 3.38. The van der Waals surface area contributed by atoms with Crippen molar-refractivity contribution < 1.29 is 31.5 Å². The van der Waals surface area contributed by atoms with Crippen molar-refractivity contribution in [3.8, 4) is 0 Å². The minimum absolute atomic E-state index is 0.00299. The SMILES string of the molecule is CCN1CCNc2c1cc(C(=O)N[C@@H](Cc1ccccc1)[C@H](O)CNCc1cccc(C(F)(F)F)c1)cc2N1CCCS1(=O)=O. The van der Waals surface area contributed by atoms with Gasteiger partial charge in [0.15, 0.2) is 0 Å². The number of rotatable bonds is 11. The van der Waals surface area contributed by atoms with E-state index in [0.29, 0.717) is 56.0 Å². The summed E-state index contributed by atoms with van der Waals surface area (Å²) in [5.41, 5.74) is 2.62. The van der Waals surface area contributed by atoms with Crippen molar-refractivity contribution in [2.75, 3.05) is 53.0 Å². The molecule has 2 aliphatic heterocycles. The molecular formula is C32H38F3N5O4S. The Labute approximate surface area is 261 Å². The predicted octanol–water partition coefficient (Wildman–Crippen LogP) is 3.99. The van der Waals surface area contributed by atoms with Gasteiger partial charge in [0.25, 0.3) is 5.91 Å². The number of carbonyl (C=O) groups is 1. The van der Waals surface area contributed by atoms with Crippen molar-refractivity contribution in [1.82, 2.24) is 10.6 Å². The molecule has 9 nitrogen and oxygen atoms in total. The Hall–Kier alpha value is -3.81. The molecule has 0 spiro atoms. The number of hydrogen-bond acceptors (Lipinski definition) is 7. The molecular weight excluding hydrogens is 607 g/mol. The van der Waals surface area contributed by atoms with Crippen LogP contribution in [-0.4, -0.2) is 70.1 Å². The summed E-state index contributed by atoms with van der Waals surface area (Å²) in [6.45, 7) is 4.39. The van der Waals surface area contributed by atoms with Gasteiger partial charge in [-0.1, -0.05) is 48.5 Å². The van der Waals surface area contributed by atoms with Crippen molar-refractivity contribution in [1.29, 1.82) is 0 Å². The number of anilines is 3. The number of nitrogens with one attached hydrogen (secondary N) is 3. The van der Waals surface area contributed by atoms with Crippen LogP contribution in [0.3, 0.4) is 0 Å². The lowest BCUT2D eigenvalue weighted by molar-refractivity contribution is -0.137. The normalized spacial score (nSPS) is 17.4. The molecule has 0 saturated carbocycles. The van der Waals surface area contributed by atoms with E-state index in [9.17, 15) is 31.5 Å². The Morgan fingerprint density at radius 1 is 1.02 bits per heavy atom. The van der Waals surface area contributed by atoms with Crippen molar-refractivity contribution in [2.24, 2.45) is 0 Å². The van der Waals surface area contributed by atoms with E-state index in [4.69, 9.17) is 0 Å². The number of fused-ring (bicyclic) bond motifs is 1. The van der Waals surface area contributed by atoms with Crippen LogP contribution in [0.2, 0.25) is 0 Å². The second-order valence-electron chi connectivity index (χ2n) is 11.3. The van der Waals surface area contributed by atoms with Crippen LogP contribution in [0.1, 0.15) is 40.4 Å². The van der Waals surface area contributed by atoms with Gasteiger partial charge in [0, 0.05) is 44.8 Å². The Morgan fingerprint density at radius 2 is 1.76 bits per heavy atom. The first kappa shape index (κ1) is 32.6. The van der Waals surface area contributed by atoms with Crippen LogP contribution >= 0.6 is 0 Å². The van der Waals surface area contributed by atoms with Crippen LogP contribution in [0.25, 0.3) is 0 Å². The van der Waals surface area contributed by atoms with E-state index >= 15 is 0 Å². The van der Waals surface area contributed by atoms with Gasteiger partial charge in [-0.3, -0.25) is 9.10 Å². The molecule has 4 N–H and O–H groups in total. The van der Waals surface area contributed by atoms with Gasteiger partial charge in [-0.25, -0.2) is 8.42 Å². The molecule has 13 heteroatoms. The number of likely N-dealkylation sites (N-methyl/N-ethyl adjacent to an activating group) is 1. The second-order valence-corrected chi connectivity index (χ2v) is 13.3.